The zero-order valence-corrected chi connectivity index (χ0v) is 17.7. The van der Waals surface area contributed by atoms with Crippen LogP contribution in [0.5, 0.6) is 0 Å². The maximum absolute atomic E-state index is 13.8. The number of benzene rings is 1. The molecule has 5 rings (SSSR count). The first-order chi connectivity index (χ1) is 15.0. The van der Waals surface area contributed by atoms with Gasteiger partial charge in [-0.25, -0.2) is 8.78 Å². The minimum Gasteiger partial charge on any atom is -0.464 e. The van der Waals surface area contributed by atoms with Crippen molar-refractivity contribution in [1.29, 1.82) is 0 Å². The van der Waals surface area contributed by atoms with E-state index in [1.54, 1.807) is 35.0 Å². The van der Waals surface area contributed by atoms with Gasteiger partial charge < -0.3 is 9.32 Å². The highest BCUT2D eigenvalue weighted by atomic mass is 32.2. The lowest BCUT2D eigenvalue weighted by Gasteiger charge is -2.32. The summed E-state index contributed by atoms with van der Waals surface area (Å²) in [5, 5.41) is 6.48. The van der Waals surface area contributed by atoms with Crippen LogP contribution in [0.4, 0.5) is 8.78 Å². The topological polar surface area (TPSA) is 64.2 Å². The number of nitrogens with zero attached hydrogens (tertiary/aromatic N) is 4. The van der Waals surface area contributed by atoms with Crippen LogP contribution >= 0.6 is 11.8 Å². The Kier molecular flexibility index (Phi) is 4.92. The smallest absolute Gasteiger partial charge is 0.272 e. The maximum Gasteiger partial charge on any atom is 0.272 e. The monoisotopic (exact) mass is 442 g/mol. The second-order valence-electron chi connectivity index (χ2n) is 7.68. The fourth-order valence-corrected chi connectivity index (χ4v) is 4.51. The van der Waals surface area contributed by atoms with Crippen LogP contribution < -0.4 is 0 Å². The molecular weight excluding hydrogens is 422 g/mol. The number of aromatic nitrogens is 3. The first kappa shape index (κ1) is 20.0. The standard InChI is InChI=1S/C22H20F2N4O2S/c1-31-13-28-18-9-17(21(29)27-8-4-7-22(23,24)12-27)25-10-15(18)20(26-28)16-11-30-19-6-3-2-5-14(16)19/h2-3,5-6,9-11H,4,7-8,12-13H2,1H3. The number of carbonyl (C=O) groups excluding carboxylic acids is 1. The van der Waals surface area contributed by atoms with Gasteiger partial charge in [0.1, 0.15) is 23.2 Å². The van der Waals surface area contributed by atoms with Gasteiger partial charge in [-0.1, -0.05) is 18.2 Å². The number of hydrogen-bond donors (Lipinski definition) is 0. The Morgan fingerprint density at radius 3 is 2.94 bits per heavy atom. The summed E-state index contributed by atoms with van der Waals surface area (Å²) in [6.45, 7) is -0.258. The third-order valence-electron chi connectivity index (χ3n) is 5.52. The fourth-order valence-electron chi connectivity index (χ4n) is 4.07. The van der Waals surface area contributed by atoms with Crippen LogP contribution in [0, 0.1) is 0 Å². The van der Waals surface area contributed by atoms with Crippen LogP contribution in [0.15, 0.2) is 47.2 Å². The lowest BCUT2D eigenvalue weighted by atomic mass is 10.1. The number of furan rings is 1. The quantitative estimate of drug-likeness (QED) is 0.443. The van der Waals surface area contributed by atoms with Crippen molar-refractivity contribution >= 4 is 39.5 Å². The SMILES string of the molecule is CSCn1nc(-c2coc3ccccc23)c2cnc(C(=O)N3CCCC(F)(F)C3)cc21. The van der Waals surface area contributed by atoms with Gasteiger partial charge in [0.25, 0.3) is 11.8 Å². The summed E-state index contributed by atoms with van der Waals surface area (Å²) < 4.78 is 35.1. The molecule has 0 spiro atoms. The highest BCUT2D eigenvalue weighted by molar-refractivity contribution is 7.97. The van der Waals surface area contributed by atoms with Crippen LogP contribution in [0.2, 0.25) is 0 Å². The average Bonchev–Trinajstić information content (AvgIpc) is 3.34. The molecule has 1 fully saturated rings. The van der Waals surface area contributed by atoms with Crippen LogP contribution in [0.1, 0.15) is 23.3 Å². The molecule has 4 aromatic rings. The van der Waals surface area contributed by atoms with E-state index in [1.165, 1.54) is 4.90 Å². The first-order valence-electron chi connectivity index (χ1n) is 9.96. The molecule has 0 radical (unpaired) electrons. The molecule has 1 amide bonds. The highest BCUT2D eigenvalue weighted by Gasteiger charge is 2.37. The zero-order valence-electron chi connectivity index (χ0n) is 16.8. The van der Waals surface area contributed by atoms with Gasteiger partial charge in [0.15, 0.2) is 0 Å². The van der Waals surface area contributed by atoms with Gasteiger partial charge in [-0.15, -0.1) is 11.8 Å². The molecule has 4 heterocycles. The summed E-state index contributed by atoms with van der Waals surface area (Å²) in [6.07, 6.45) is 5.33. The number of piperidine rings is 1. The lowest BCUT2D eigenvalue weighted by Crippen LogP contribution is -2.45. The van der Waals surface area contributed by atoms with Crippen LogP contribution in [-0.2, 0) is 5.88 Å². The van der Waals surface area contributed by atoms with Gasteiger partial charge in [-0.3, -0.25) is 14.5 Å². The summed E-state index contributed by atoms with van der Waals surface area (Å²) in [5.41, 5.74) is 3.20. The molecule has 0 aliphatic carbocycles. The summed E-state index contributed by atoms with van der Waals surface area (Å²) in [5.74, 6) is -2.76. The number of halogens is 2. The molecule has 31 heavy (non-hydrogen) atoms. The molecule has 0 N–H and O–H groups in total. The second kappa shape index (κ2) is 7.64. The van der Waals surface area contributed by atoms with Crippen LogP contribution in [-0.4, -0.2) is 50.8 Å². The summed E-state index contributed by atoms with van der Waals surface area (Å²) in [7, 11) is 0. The number of hydrogen-bond acceptors (Lipinski definition) is 5. The number of para-hydroxylation sites is 1. The molecule has 1 aliphatic heterocycles. The molecule has 160 valence electrons. The highest BCUT2D eigenvalue weighted by Crippen LogP contribution is 2.35. The molecule has 0 atom stereocenters. The summed E-state index contributed by atoms with van der Waals surface area (Å²) in [4.78, 5) is 18.4. The second-order valence-corrected chi connectivity index (χ2v) is 8.52. The molecule has 1 saturated heterocycles. The van der Waals surface area contributed by atoms with E-state index in [2.05, 4.69) is 4.98 Å². The minimum absolute atomic E-state index is 0.149. The number of thioether (sulfide) groups is 1. The molecule has 0 unspecified atom stereocenters. The Balaban J connectivity index is 1.59. The number of carbonyl (C=O) groups is 1. The number of amides is 1. The number of rotatable bonds is 4. The maximum atomic E-state index is 13.8. The Bertz CT molecular complexity index is 1280. The predicted molar refractivity (Wildman–Crippen MR) is 116 cm³/mol. The zero-order chi connectivity index (χ0) is 21.6. The van der Waals surface area contributed by atoms with Crippen molar-refractivity contribution in [3.63, 3.8) is 0 Å². The van der Waals surface area contributed by atoms with E-state index in [0.717, 1.165) is 27.4 Å². The number of likely N-dealkylation sites (tertiary alicyclic amines) is 1. The minimum atomic E-state index is -2.85. The van der Waals surface area contributed by atoms with Crippen molar-refractivity contribution in [2.45, 2.75) is 24.6 Å². The van der Waals surface area contributed by atoms with Gasteiger partial charge in [0.05, 0.1) is 17.9 Å². The number of alkyl halides is 2. The van der Waals surface area contributed by atoms with Gasteiger partial charge in [0, 0.05) is 35.5 Å². The van der Waals surface area contributed by atoms with Crippen LogP contribution in [0.3, 0.4) is 0 Å². The normalized spacial score (nSPS) is 16.3. The van der Waals surface area contributed by atoms with Crippen LogP contribution in [0.25, 0.3) is 33.1 Å². The Hall–Kier alpha value is -2.94. The van der Waals surface area contributed by atoms with E-state index in [-0.39, 0.29) is 18.5 Å². The van der Waals surface area contributed by atoms with Gasteiger partial charge >= 0.3 is 0 Å². The van der Waals surface area contributed by atoms with Crippen molar-refractivity contribution in [3.8, 4) is 11.3 Å². The van der Waals surface area contributed by atoms with Gasteiger partial charge in [-0.2, -0.15) is 5.10 Å². The Morgan fingerprint density at radius 1 is 1.29 bits per heavy atom. The largest absolute Gasteiger partial charge is 0.464 e. The van der Waals surface area contributed by atoms with Crippen molar-refractivity contribution in [2.24, 2.45) is 0 Å². The van der Waals surface area contributed by atoms with E-state index in [4.69, 9.17) is 9.52 Å². The molecule has 6 nitrogen and oxygen atoms in total. The molecule has 1 aliphatic rings. The third-order valence-corrected chi connectivity index (χ3v) is 6.03. The van der Waals surface area contributed by atoms with Crippen molar-refractivity contribution in [1.82, 2.24) is 19.7 Å². The summed E-state index contributed by atoms with van der Waals surface area (Å²) >= 11 is 1.59. The molecular formula is C22H20F2N4O2S. The van der Waals surface area contributed by atoms with E-state index in [9.17, 15) is 13.6 Å². The fraction of sp³-hybridized carbons (Fsp3) is 0.318. The molecule has 3 aromatic heterocycles. The van der Waals surface area contributed by atoms with Gasteiger partial charge in [-0.05, 0) is 24.8 Å². The van der Waals surface area contributed by atoms with E-state index >= 15 is 0 Å². The van der Waals surface area contributed by atoms with Crippen molar-refractivity contribution < 1.29 is 18.0 Å². The molecule has 0 bridgehead atoms. The lowest BCUT2D eigenvalue weighted by molar-refractivity contribution is -0.0561. The van der Waals surface area contributed by atoms with Gasteiger partial charge in [0.2, 0.25) is 0 Å². The van der Waals surface area contributed by atoms with Crippen molar-refractivity contribution in [3.05, 3.63) is 48.5 Å². The predicted octanol–water partition coefficient (Wildman–Crippen LogP) is 5.04. The molecule has 9 heteroatoms. The van der Waals surface area contributed by atoms with E-state index < -0.39 is 18.4 Å². The van der Waals surface area contributed by atoms with Crippen molar-refractivity contribution in [2.75, 3.05) is 19.3 Å². The van der Waals surface area contributed by atoms with E-state index in [1.807, 2.05) is 30.5 Å². The summed E-state index contributed by atoms with van der Waals surface area (Å²) in [6, 6.07) is 9.35. The number of pyridine rings is 1. The third kappa shape index (κ3) is 3.56. The average molecular weight is 442 g/mol. The first-order valence-corrected chi connectivity index (χ1v) is 11.4. The van der Waals surface area contributed by atoms with E-state index in [0.29, 0.717) is 18.1 Å². The number of fused-ring (bicyclic) bond motifs is 2. The Labute approximate surface area is 181 Å². The molecule has 0 saturated carbocycles. The Morgan fingerprint density at radius 2 is 2.13 bits per heavy atom. The molecule has 1 aromatic carbocycles.